The monoisotopic (exact) mass is 292 g/mol. The maximum absolute atomic E-state index is 3.92. The molecule has 0 aliphatic heterocycles. The fraction of sp³-hybridized carbons (Fsp3) is 0.400. The second-order valence-electron chi connectivity index (χ2n) is 1.53. The van der Waals surface area contributed by atoms with Gasteiger partial charge in [-0.15, -0.1) is 0 Å². The van der Waals surface area contributed by atoms with Crippen LogP contribution in [0.5, 0.6) is 0 Å². The third-order valence-electron chi connectivity index (χ3n) is 0.747. The second kappa shape index (κ2) is 3.67. The van der Waals surface area contributed by atoms with Gasteiger partial charge in [0, 0.05) is 39.0 Å². The number of aromatic nitrogens is 3. The van der Waals surface area contributed by atoms with Crippen molar-refractivity contribution in [2.24, 2.45) is 0 Å². The summed E-state index contributed by atoms with van der Waals surface area (Å²) in [6.07, 6.45) is 2.47. The molecule has 1 aromatic rings. The van der Waals surface area contributed by atoms with E-state index in [1.165, 1.54) is 0 Å². The van der Waals surface area contributed by atoms with Gasteiger partial charge in [-0.3, -0.25) is 0 Å². The van der Waals surface area contributed by atoms with Gasteiger partial charge in [-0.25, -0.2) is 0 Å². The summed E-state index contributed by atoms with van der Waals surface area (Å²) in [5.74, 6) is 1.44. The van der Waals surface area contributed by atoms with Crippen LogP contribution in [0.15, 0.2) is 0 Å². The molecule has 0 fully saturated rings. The molecule has 0 spiro atoms. The Kier molecular flexibility index (Phi) is 3.55. The molecule has 0 aliphatic rings. The standard InChI is InChI=1S/C5H6N3.W/c1-4-6-3-7-5(2)8-4;/h1-2H3;/q-1;. The summed E-state index contributed by atoms with van der Waals surface area (Å²) in [5.41, 5.74) is 0. The zero-order valence-electron chi connectivity index (χ0n) is 5.25. The molecule has 0 atom stereocenters. The third kappa shape index (κ3) is 2.66. The number of hydrogen-bond donors (Lipinski definition) is 0. The molecule has 1 aromatic heterocycles. The van der Waals surface area contributed by atoms with Gasteiger partial charge in [0.25, 0.3) is 0 Å². The van der Waals surface area contributed by atoms with Crippen molar-refractivity contribution in [1.82, 2.24) is 15.0 Å². The van der Waals surface area contributed by atoms with E-state index in [0.29, 0.717) is 0 Å². The minimum atomic E-state index is 0. The summed E-state index contributed by atoms with van der Waals surface area (Å²) in [6, 6.07) is 0. The Balaban J connectivity index is 0.000000640. The Labute approximate surface area is 68.2 Å². The third-order valence-corrected chi connectivity index (χ3v) is 0.747. The van der Waals surface area contributed by atoms with Crippen LogP contribution in [0.1, 0.15) is 11.6 Å². The molecule has 9 heavy (non-hydrogen) atoms. The molecule has 3 nitrogen and oxygen atoms in total. The summed E-state index contributed by atoms with van der Waals surface area (Å²) in [5, 5.41) is 0. The maximum Gasteiger partial charge on any atom is 0.0247 e. The van der Waals surface area contributed by atoms with Crippen LogP contribution in [0, 0.1) is 20.2 Å². The van der Waals surface area contributed by atoms with Gasteiger partial charge in [0.15, 0.2) is 0 Å². The first-order chi connectivity index (χ1) is 3.79. The van der Waals surface area contributed by atoms with Crippen LogP contribution < -0.4 is 0 Å². The van der Waals surface area contributed by atoms with Gasteiger partial charge in [0.2, 0.25) is 0 Å². The summed E-state index contributed by atoms with van der Waals surface area (Å²) < 4.78 is 0. The number of hydrogen-bond acceptors (Lipinski definition) is 3. The van der Waals surface area contributed by atoms with E-state index in [-0.39, 0.29) is 21.1 Å². The van der Waals surface area contributed by atoms with E-state index >= 15 is 0 Å². The molecule has 0 radical (unpaired) electrons. The van der Waals surface area contributed by atoms with E-state index in [9.17, 15) is 0 Å². The number of aryl methyl sites for hydroxylation is 2. The van der Waals surface area contributed by atoms with Crippen molar-refractivity contribution in [2.45, 2.75) is 13.8 Å². The molecule has 0 N–H and O–H groups in total. The zero-order valence-corrected chi connectivity index (χ0v) is 8.18. The Morgan fingerprint density at radius 2 is 1.56 bits per heavy atom. The Bertz CT molecular complexity index is 172. The van der Waals surface area contributed by atoms with Gasteiger partial charge in [0.05, 0.1) is 0 Å². The fourth-order valence-corrected chi connectivity index (χ4v) is 0.454. The molecule has 0 aromatic carbocycles. The van der Waals surface area contributed by atoms with E-state index in [4.69, 9.17) is 0 Å². The molecular weight excluding hydrogens is 286 g/mol. The first kappa shape index (κ1) is 8.70. The average Bonchev–Trinajstić information content (AvgIpc) is 1.64. The van der Waals surface area contributed by atoms with E-state index in [2.05, 4.69) is 21.3 Å². The topological polar surface area (TPSA) is 38.7 Å². The molecule has 0 bridgehead atoms. The van der Waals surface area contributed by atoms with Gasteiger partial charge >= 0.3 is 0 Å². The van der Waals surface area contributed by atoms with Crippen LogP contribution in [0.4, 0.5) is 0 Å². The van der Waals surface area contributed by atoms with Crippen LogP contribution in [-0.2, 0) is 21.1 Å². The van der Waals surface area contributed by atoms with Gasteiger partial charge < -0.3 is 15.0 Å². The second-order valence-corrected chi connectivity index (χ2v) is 1.53. The minimum Gasteiger partial charge on any atom is -0.353 e. The van der Waals surface area contributed by atoms with Crippen LogP contribution in [0.3, 0.4) is 0 Å². The Morgan fingerprint density at radius 3 is 1.78 bits per heavy atom. The van der Waals surface area contributed by atoms with Gasteiger partial charge in [0.1, 0.15) is 0 Å². The van der Waals surface area contributed by atoms with E-state index < -0.39 is 0 Å². The van der Waals surface area contributed by atoms with Crippen LogP contribution in [-0.4, -0.2) is 15.0 Å². The Hall–Kier alpha value is -0.302. The van der Waals surface area contributed by atoms with E-state index in [1.807, 2.05) is 13.8 Å². The van der Waals surface area contributed by atoms with Crippen molar-refractivity contribution in [3.8, 4) is 0 Å². The largest absolute Gasteiger partial charge is 0.353 e. The quantitative estimate of drug-likeness (QED) is 0.645. The van der Waals surface area contributed by atoms with Gasteiger partial charge in [-0.05, 0) is 0 Å². The molecule has 0 saturated carbocycles. The van der Waals surface area contributed by atoms with Gasteiger partial charge in [-0.2, -0.15) is 0 Å². The molecule has 0 unspecified atom stereocenters. The smallest absolute Gasteiger partial charge is 0.0247 e. The van der Waals surface area contributed by atoms with Crippen molar-refractivity contribution in [1.29, 1.82) is 0 Å². The molecule has 0 aliphatic carbocycles. The molecule has 1 rings (SSSR count). The summed E-state index contributed by atoms with van der Waals surface area (Å²) in [6.45, 7) is 3.62. The summed E-state index contributed by atoms with van der Waals surface area (Å²) in [7, 11) is 0. The maximum atomic E-state index is 3.92. The number of rotatable bonds is 0. The van der Waals surface area contributed by atoms with Crippen LogP contribution in [0.25, 0.3) is 0 Å². The van der Waals surface area contributed by atoms with Crippen molar-refractivity contribution in [3.05, 3.63) is 18.0 Å². The molecular formula is C5H6N3W-. The zero-order chi connectivity index (χ0) is 5.98. The fourth-order valence-electron chi connectivity index (χ4n) is 0.454. The first-order valence-corrected chi connectivity index (χ1v) is 2.34. The first-order valence-electron chi connectivity index (χ1n) is 2.34. The van der Waals surface area contributed by atoms with Gasteiger partial charge in [-0.1, -0.05) is 13.8 Å². The molecule has 4 heteroatoms. The molecule has 0 saturated heterocycles. The molecule has 0 amide bonds. The van der Waals surface area contributed by atoms with Crippen molar-refractivity contribution in [2.75, 3.05) is 0 Å². The van der Waals surface area contributed by atoms with E-state index in [0.717, 1.165) is 11.6 Å². The van der Waals surface area contributed by atoms with E-state index in [1.54, 1.807) is 0 Å². The van der Waals surface area contributed by atoms with Crippen molar-refractivity contribution < 1.29 is 21.1 Å². The summed E-state index contributed by atoms with van der Waals surface area (Å²) in [4.78, 5) is 11.3. The summed E-state index contributed by atoms with van der Waals surface area (Å²) >= 11 is 0. The van der Waals surface area contributed by atoms with Crippen LogP contribution >= 0.6 is 0 Å². The van der Waals surface area contributed by atoms with Crippen LogP contribution in [0.2, 0.25) is 0 Å². The Morgan fingerprint density at radius 1 is 1.11 bits per heavy atom. The van der Waals surface area contributed by atoms with Crippen molar-refractivity contribution >= 4 is 0 Å². The normalized spacial score (nSPS) is 8.22. The average molecular weight is 292 g/mol. The predicted molar refractivity (Wildman–Crippen MR) is 28.1 cm³/mol. The van der Waals surface area contributed by atoms with Crippen molar-refractivity contribution in [3.63, 3.8) is 0 Å². The number of nitrogens with zero attached hydrogens (tertiary/aromatic N) is 3. The predicted octanol–water partition coefficient (Wildman–Crippen LogP) is 0.286. The SMILES string of the molecule is Cc1n[c-]nc(C)n1.[W]. The molecule has 48 valence electrons. The molecule has 1 heterocycles. The minimum absolute atomic E-state index is 0.